The zero-order chi connectivity index (χ0) is 10.7. The van der Waals surface area contributed by atoms with Crippen LogP contribution in [-0.4, -0.2) is 25.0 Å². The van der Waals surface area contributed by atoms with Crippen LogP contribution >= 0.6 is 22.6 Å². The summed E-state index contributed by atoms with van der Waals surface area (Å²) in [5.74, 6) is -0.424. The van der Waals surface area contributed by atoms with Gasteiger partial charge in [-0.1, -0.05) is 0 Å². The van der Waals surface area contributed by atoms with Gasteiger partial charge in [0.2, 0.25) is 0 Å². The number of nitrogens with one attached hydrogen (secondary N) is 1. The van der Waals surface area contributed by atoms with Crippen molar-refractivity contribution < 1.29 is 9.18 Å². The van der Waals surface area contributed by atoms with Crippen LogP contribution in [0.15, 0.2) is 18.2 Å². The van der Waals surface area contributed by atoms with E-state index in [0.29, 0.717) is 0 Å². The van der Waals surface area contributed by atoms with Crippen molar-refractivity contribution in [2.24, 2.45) is 0 Å². The van der Waals surface area contributed by atoms with Gasteiger partial charge in [-0.25, -0.2) is 9.18 Å². The van der Waals surface area contributed by atoms with Crippen molar-refractivity contribution in [2.75, 3.05) is 19.4 Å². The number of nitrogens with zero attached hydrogens (tertiary/aromatic N) is 1. The molecule has 0 saturated heterocycles. The summed E-state index contributed by atoms with van der Waals surface area (Å²) in [5.41, 5.74) is 0.198. The lowest BCUT2D eigenvalue weighted by Crippen LogP contribution is -2.27. The lowest BCUT2D eigenvalue weighted by atomic mass is 10.3. The maximum absolute atomic E-state index is 13.2. The molecule has 0 bridgehead atoms. The van der Waals surface area contributed by atoms with Crippen LogP contribution in [0, 0.1) is 9.39 Å². The zero-order valence-electron chi connectivity index (χ0n) is 7.84. The summed E-state index contributed by atoms with van der Waals surface area (Å²) in [5, 5.41) is 2.45. The second-order valence-electron chi connectivity index (χ2n) is 2.95. The number of anilines is 1. The van der Waals surface area contributed by atoms with Gasteiger partial charge in [0.1, 0.15) is 5.82 Å². The van der Waals surface area contributed by atoms with Crippen molar-refractivity contribution in [3.05, 3.63) is 27.6 Å². The number of carbonyl (C=O) groups excluding carboxylic acids is 1. The van der Waals surface area contributed by atoms with Crippen molar-refractivity contribution in [1.29, 1.82) is 0 Å². The molecular formula is C9H10FIN2O. The van der Waals surface area contributed by atoms with Gasteiger partial charge in [-0.2, -0.15) is 0 Å². The van der Waals surface area contributed by atoms with Crippen LogP contribution in [-0.2, 0) is 0 Å². The van der Waals surface area contributed by atoms with Gasteiger partial charge in [-0.3, -0.25) is 0 Å². The molecule has 1 N–H and O–H groups in total. The highest BCUT2D eigenvalue weighted by Crippen LogP contribution is 2.16. The van der Waals surface area contributed by atoms with E-state index in [2.05, 4.69) is 5.32 Å². The minimum Gasteiger partial charge on any atom is -0.331 e. The molecule has 0 atom stereocenters. The molecule has 0 radical (unpaired) electrons. The average molecular weight is 308 g/mol. The molecule has 0 aliphatic carbocycles. The highest BCUT2D eigenvalue weighted by Gasteiger charge is 2.07. The molecule has 0 unspecified atom stereocenters. The molecule has 1 aromatic carbocycles. The molecular weight excluding hydrogens is 298 g/mol. The van der Waals surface area contributed by atoms with Gasteiger partial charge in [0.15, 0.2) is 0 Å². The normalized spacial score (nSPS) is 9.71. The fourth-order valence-electron chi connectivity index (χ4n) is 0.818. The quantitative estimate of drug-likeness (QED) is 0.795. The molecule has 0 heterocycles. The van der Waals surface area contributed by atoms with E-state index in [1.807, 2.05) is 22.6 Å². The Morgan fingerprint density at radius 2 is 2.14 bits per heavy atom. The van der Waals surface area contributed by atoms with Crippen molar-refractivity contribution in [3.8, 4) is 0 Å². The molecule has 0 aliphatic heterocycles. The second-order valence-corrected chi connectivity index (χ2v) is 4.19. The molecule has 5 heteroatoms. The Labute approximate surface area is 95.4 Å². The highest BCUT2D eigenvalue weighted by atomic mass is 127. The van der Waals surface area contributed by atoms with Gasteiger partial charge < -0.3 is 10.2 Å². The van der Waals surface area contributed by atoms with E-state index in [1.165, 1.54) is 11.0 Å². The largest absolute Gasteiger partial charge is 0.331 e. The Morgan fingerprint density at radius 3 is 2.64 bits per heavy atom. The lowest BCUT2D eigenvalue weighted by molar-refractivity contribution is 0.230. The first-order chi connectivity index (χ1) is 6.50. The SMILES string of the molecule is CN(C)C(=O)Nc1ccc(I)cc1F. The van der Waals surface area contributed by atoms with Crippen LogP contribution in [0.5, 0.6) is 0 Å². The lowest BCUT2D eigenvalue weighted by Gasteiger charge is -2.12. The smallest absolute Gasteiger partial charge is 0.321 e. The molecule has 2 amide bonds. The average Bonchev–Trinajstić information content (AvgIpc) is 2.09. The molecule has 1 aromatic rings. The Hall–Kier alpha value is -0.850. The second kappa shape index (κ2) is 4.59. The fraction of sp³-hybridized carbons (Fsp3) is 0.222. The van der Waals surface area contributed by atoms with E-state index < -0.39 is 5.82 Å². The number of hydrogen-bond acceptors (Lipinski definition) is 1. The third kappa shape index (κ3) is 2.83. The molecule has 1 rings (SSSR count). The van der Waals surface area contributed by atoms with Gasteiger partial charge in [0.25, 0.3) is 0 Å². The fourth-order valence-corrected chi connectivity index (χ4v) is 1.27. The van der Waals surface area contributed by atoms with Crippen LogP contribution in [0.1, 0.15) is 0 Å². The minimum absolute atomic E-state index is 0.198. The van der Waals surface area contributed by atoms with E-state index in [-0.39, 0.29) is 11.7 Å². The summed E-state index contributed by atoms with van der Waals surface area (Å²) < 4.78 is 14.0. The third-order valence-corrected chi connectivity index (χ3v) is 2.25. The molecule has 3 nitrogen and oxygen atoms in total. The van der Waals surface area contributed by atoms with E-state index in [9.17, 15) is 9.18 Å². The topological polar surface area (TPSA) is 32.3 Å². The number of halogens is 2. The molecule has 0 aliphatic rings. The molecule has 76 valence electrons. The summed E-state index contributed by atoms with van der Waals surface area (Å²) in [6.45, 7) is 0. The minimum atomic E-state index is -0.424. The monoisotopic (exact) mass is 308 g/mol. The Bertz CT molecular complexity index is 355. The van der Waals surface area contributed by atoms with Crippen LogP contribution in [0.25, 0.3) is 0 Å². The van der Waals surface area contributed by atoms with Crippen molar-refractivity contribution in [1.82, 2.24) is 4.90 Å². The predicted octanol–water partition coefficient (Wildman–Crippen LogP) is 2.52. The first-order valence-electron chi connectivity index (χ1n) is 3.94. The molecule has 0 spiro atoms. The Balaban J connectivity index is 2.82. The van der Waals surface area contributed by atoms with Crippen LogP contribution in [0.4, 0.5) is 14.9 Å². The van der Waals surface area contributed by atoms with E-state index >= 15 is 0 Å². The summed E-state index contributed by atoms with van der Waals surface area (Å²) >= 11 is 2.01. The van der Waals surface area contributed by atoms with Gasteiger partial charge in [-0.15, -0.1) is 0 Å². The first-order valence-corrected chi connectivity index (χ1v) is 5.02. The van der Waals surface area contributed by atoms with Crippen LogP contribution in [0.2, 0.25) is 0 Å². The van der Waals surface area contributed by atoms with Gasteiger partial charge >= 0.3 is 6.03 Å². The maximum atomic E-state index is 13.2. The first kappa shape index (κ1) is 11.2. The third-order valence-electron chi connectivity index (χ3n) is 1.58. The Kier molecular flexibility index (Phi) is 3.68. The van der Waals surface area contributed by atoms with Gasteiger partial charge in [-0.05, 0) is 40.8 Å². The number of hydrogen-bond donors (Lipinski definition) is 1. The number of rotatable bonds is 1. The number of benzene rings is 1. The summed E-state index contributed by atoms with van der Waals surface area (Å²) in [7, 11) is 3.19. The van der Waals surface area contributed by atoms with Crippen molar-refractivity contribution >= 4 is 34.3 Å². The maximum Gasteiger partial charge on any atom is 0.321 e. The van der Waals surface area contributed by atoms with Crippen molar-refractivity contribution in [3.63, 3.8) is 0 Å². The number of urea groups is 1. The molecule has 0 saturated carbocycles. The number of amides is 2. The van der Waals surface area contributed by atoms with Crippen molar-refractivity contribution in [2.45, 2.75) is 0 Å². The highest BCUT2D eigenvalue weighted by molar-refractivity contribution is 14.1. The van der Waals surface area contributed by atoms with E-state index in [1.54, 1.807) is 26.2 Å². The molecule has 0 fully saturated rings. The van der Waals surface area contributed by atoms with Gasteiger partial charge in [0, 0.05) is 17.7 Å². The summed E-state index contributed by atoms with van der Waals surface area (Å²) in [4.78, 5) is 12.5. The van der Waals surface area contributed by atoms with Crippen LogP contribution in [0.3, 0.4) is 0 Å². The Morgan fingerprint density at radius 1 is 1.50 bits per heavy atom. The zero-order valence-corrected chi connectivity index (χ0v) is 10.0. The van der Waals surface area contributed by atoms with E-state index in [4.69, 9.17) is 0 Å². The van der Waals surface area contributed by atoms with E-state index in [0.717, 1.165) is 3.57 Å². The predicted molar refractivity (Wildman–Crippen MR) is 61.8 cm³/mol. The summed E-state index contributed by atoms with van der Waals surface area (Å²) in [6, 6.07) is 4.30. The standard InChI is InChI=1S/C9H10FIN2O/c1-13(2)9(14)12-8-4-3-6(11)5-7(8)10/h3-5H,1-2H3,(H,12,14). The van der Waals surface area contributed by atoms with Gasteiger partial charge in [0.05, 0.1) is 5.69 Å². The molecule has 14 heavy (non-hydrogen) atoms. The van der Waals surface area contributed by atoms with Crippen LogP contribution < -0.4 is 5.32 Å². The summed E-state index contributed by atoms with van der Waals surface area (Å²) in [6.07, 6.45) is 0. The molecule has 0 aromatic heterocycles. The number of carbonyl (C=O) groups is 1.